The number of fused-ring (bicyclic) bond motifs is 1. The third-order valence-electron chi connectivity index (χ3n) is 5.21. The zero-order valence-corrected chi connectivity index (χ0v) is 19.0. The van der Waals surface area contributed by atoms with E-state index in [1.807, 2.05) is 26.0 Å². The summed E-state index contributed by atoms with van der Waals surface area (Å²) in [5.41, 5.74) is 1.17. The predicted octanol–water partition coefficient (Wildman–Crippen LogP) is 5.51. The van der Waals surface area contributed by atoms with Crippen molar-refractivity contribution in [2.75, 3.05) is 0 Å². The van der Waals surface area contributed by atoms with Gasteiger partial charge in [0.1, 0.15) is 17.3 Å². The van der Waals surface area contributed by atoms with Crippen LogP contribution in [0.4, 0.5) is 0 Å². The van der Waals surface area contributed by atoms with Gasteiger partial charge in [0.05, 0.1) is 22.7 Å². The number of halogens is 1. The first-order valence-electron chi connectivity index (χ1n) is 10.1. The number of carbonyl (C=O) groups is 1. The Morgan fingerprint density at radius 1 is 1.25 bits per heavy atom. The highest BCUT2D eigenvalue weighted by atomic mass is 79.9. The summed E-state index contributed by atoms with van der Waals surface area (Å²) in [5.74, 6) is 0.526. The quantitative estimate of drug-likeness (QED) is 0.357. The predicted molar refractivity (Wildman–Crippen MR) is 127 cm³/mol. The monoisotopic (exact) mass is 493 g/mol. The van der Waals surface area contributed by atoms with E-state index in [-0.39, 0.29) is 17.0 Å². The van der Waals surface area contributed by atoms with E-state index in [0.717, 1.165) is 10.9 Å². The maximum absolute atomic E-state index is 13.2. The molecule has 0 spiro atoms. The van der Waals surface area contributed by atoms with Gasteiger partial charge in [-0.1, -0.05) is 41.9 Å². The molecule has 4 rings (SSSR count). The molecule has 0 aliphatic carbocycles. The molecule has 0 radical (unpaired) electrons. The normalized spacial score (nSPS) is 12.5. The van der Waals surface area contributed by atoms with Gasteiger partial charge in [-0.2, -0.15) is 9.78 Å². The Hall–Kier alpha value is -3.52. The van der Waals surface area contributed by atoms with Crippen molar-refractivity contribution >= 4 is 39.0 Å². The van der Waals surface area contributed by atoms with Crippen molar-refractivity contribution < 1.29 is 14.3 Å². The minimum Gasteiger partial charge on any atom is -0.478 e. The third kappa shape index (κ3) is 4.27. The highest BCUT2D eigenvalue weighted by Gasteiger charge is 2.16. The molecule has 0 aliphatic heterocycles. The van der Waals surface area contributed by atoms with Crippen molar-refractivity contribution in [3.8, 4) is 11.3 Å². The number of rotatable bonds is 6. The molecule has 0 aliphatic rings. The molecule has 4 aromatic rings. The molecule has 0 bridgehead atoms. The second kappa shape index (κ2) is 8.92. The highest BCUT2D eigenvalue weighted by Crippen LogP contribution is 2.23. The van der Waals surface area contributed by atoms with Crippen molar-refractivity contribution in [1.29, 1.82) is 0 Å². The molecule has 162 valence electrons. The van der Waals surface area contributed by atoms with Gasteiger partial charge in [0.15, 0.2) is 0 Å². The van der Waals surface area contributed by atoms with Crippen LogP contribution in [0.15, 0.2) is 73.4 Å². The van der Waals surface area contributed by atoms with E-state index < -0.39 is 5.97 Å². The molecule has 1 atom stereocenters. The van der Waals surface area contributed by atoms with Crippen LogP contribution in [0, 0.1) is 0 Å². The average molecular weight is 494 g/mol. The van der Waals surface area contributed by atoms with E-state index in [4.69, 9.17) is 4.42 Å². The number of hydrogen-bond donors (Lipinski definition) is 1. The number of hydrogen-bond acceptors (Lipinski definition) is 5. The summed E-state index contributed by atoms with van der Waals surface area (Å²) < 4.78 is 7.92. The van der Waals surface area contributed by atoms with Gasteiger partial charge >= 0.3 is 5.97 Å². The molecule has 0 fully saturated rings. The molecule has 0 saturated heterocycles. The smallest absolute Gasteiger partial charge is 0.335 e. The molecule has 2 aromatic carbocycles. The van der Waals surface area contributed by atoms with E-state index in [1.54, 1.807) is 36.4 Å². The van der Waals surface area contributed by atoms with Crippen molar-refractivity contribution in [3.63, 3.8) is 0 Å². The van der Waals surface area contributed by atoms with Crippen molar-refractivity contribution in [2.45, 2.75) is 26.2 Å². The Bertz CT molecular complexity index is 1400. The van der Waals surface area contributed by atoms with Gasteiger partial charge in [-0.05, 0) is 48.9 Å². The number of aromatic carboxylic acids is 1. The maximum atomic E-state index is 13.2. The fourth-order valence-electron chi connectivity index (χ4n) is 3.28. The molecule has 0 amide bonds. The van der Waals surface area contributed by atoms with Crippen LogP contribution in [-0.4, -0.2) is 27.0 Å². The molecule has 0 unspecified atom stereocenters. The van der Waals surface area contributed by atoms with Crippen LogP contribution in [0.1, 0.15) is 48.1 Å². The average Bonchev–Trinajstić information content (AvgIpc) is 3.27. The SMILES string of the molecule is CC[C@@H](C)c1nc2ccc(Br)cc2c(=O)n1N=Cc1ccc(-c2cccc(C(=O)O)c2)o1. The Morgan fingerprint density at radius 3 is 2.81 bits per heavy atom. The first-order valence-corrected chi connectivity index (χ1v) is 10.9. The topological polar surface area (TPSA) is 97.7 Å². The molecular formula is C24H20BrN3O4. The lowest BCUT2D eigenvalue weighted by atomic mass is 10.1. The minimum absolute atomic E-state index is 0.0267. The molecule has 32 heavy (non-hydrogen) atoms. The van der Waals surface area contributed by atoms with Crippen LogP contribution in [0.3, 0.4) is 0 Å². The van der Waals surface area contributed by atoms with Crippen LogP contribution in [0.2, 0.25) is 0 Å². The fourth-order valence-corrected chi connectivity index (χ4v) is 3.64. The minimum atomic E-state index is -1.01. The zero-order chi connectivity index (χ0) is 22.8. The molecule has 7 nitrogen and oxygen atoms in total. The first kappa shape index (κ1) is 21.7. The lowest BCUT2D eigenvalue weighted by molar-refractivity contribution is 0.0697. The Morgan fingerprint density at radius 2 is 2.06 bits per heavy atom. The van der Waals surface area contributed by atoms with E-state index >= 15 is 0 Å². The second-order valence-electron chi connectivity index (χ2n) is 7.39. The van der Waals surface area contributed by atoms with Gasteiger partial charge in [0.25, 0.3) is 5.56 Å². The summed E-state index contributed by atoms with van der Waals surface area (Å²) in [5, 5.41) is 14.0. The summed E-state index contributed by atoms with van der Waals surface area (Å²) in [7, 11) is 0. The Balaban J connectivity index is 1.74. The third-order valence-corrected chi connectivity index (χ3v) is 5.70. The largest absolute Gasteiger partial charge is 0.478 e. The van der Waals surface area contributed by atoms with Gasteiger partial charge in [0, 0.05) is 16.0 Å². The van der Waals surface area contributed by atoms with E-state index in [9.17, 15) is 14.7 Å². The molecule has 0 saturated carbocycles. The summed E-state index contributed by atoms with van der Waals surface area (Å²) >= 11 is 3.40. The number of benzene rings is 2. The Kier molecular flexibility index (Phi) is 6.05. The van der Waals surface area contributed by atoms with Gasteiger partial charge < -0.3 is 9.52 Å². The number of carboxylic acid groups (broad SMARTS) is 1. The number of aromatic nitrogens is 2. The van der Waals surface area contributed by atoms with Crippen molar-refractivity contribution in [2.24, 2.45) is 5.10 Å². The number of nitrogens with zero attached hydrogens (tertiary/aromatic N) is 3. The molecule has 1 N–H and O–H groups in total. The van der Waals surface area contributed by atoms with E-state index in [2.05, 4.69) is 26.0 Å². The maximum Gasteiger partial charge on any atom is 0.335 e. The molecule has 2 heterocycles. The summed E-state index contributed by atoms with van der Waals surface area (Å²) in [6.07, 6.45) is 2.26. The van der Waals surface area contributed by atoms with Crippen LogP contribution in [-0.2, 0) is 0 Å². The van der Waals surface area contributed by atoms with Gasteiger partial charge in [-0.15, -0.1) is 0 Å². The van der Waals surface area contributed by atoms with Gasteiger partial charge in [0.2, 0.25) is 0 Å². The van der Waals surface area contributed by atoms with Crippen LogP contribution < -0.4 is 5.56 Å². The molecule has 8 heteroatoms. The van der Waals surface area contributed by atoms with E-state index in [0.29, 0.717) is 33.8 Å². The van der Waals surface area contributed by atoms with Crippen LogP contribution in [0.5, 0.6) is 0 Å². The van der Waals surface area contributed by atoms with Crippen molar-refractivity contribution in [1.82, 2.24) is 9.66 Å². The first-order chi connectivity index (χ1) is 15.4. The van der Waals surface area contributed by atoms with Gasteiger partial charge in [-0.25, -0.2) is 9.78 Å². The summed E-state index contributed by atoms with van der Waals surface area (Å²) in [6, 6.07) is 15.3. The lowest BCUT2D eigenvalue weighted by Crippen LogP contribution is -2.23. The Labute approximate surface area is 192 Å². The highest BCUT2D eigenvalue weighted by molar-refractivity contribution is 9.10. The van der Waals surface area contributed by atoms with Crippen LogP contribution in [0.25, 0.3) is 22.2 Å². The van der Waals surface area contributed by atoms with Crippen LogP contribution >= 0.6 is 15.9 Å². The van der Waals surface area contributed by atoms with Crippen molar-refractivity contribution in [3.05, 3.63) is 86.6 Å². The zero-order valence-electron chi connectivity index (χ0n) is 17.4. The standard InChI is InChI=1S/C24H20BrN3O4/c1-3-14(2)22-27-20-9-7-17(25)12-19(20)23(29)28(22)26-13-18-8-10-21(32-18)15-5-4-6-16(11-15)24(30)31/h4-14H,3H2,1-2H3,(H,30,31)/t14-/m1/s1. The second-order valence-corrected chi connectivity index (χ2v) is 8.31. The molecular weight excluding hydrogens is 474 g/mol. The fraction of sp³-hybridized carbons (Fsp3) is 0.167. The van der Waals surface area contributed by atoms with E-state index in [1.165, 1.54) is 17.0 Å². The van der Waals surface area contributed by atoms with Gasteiger partial charge in [-0.3, -0.25) is 4.79 Å². The summed E-state index contributed by atoms with van der Waals surface area (Å²) in [4.78, 5) is 29.1. The number of furan rings is 1. The summed E-state index contributed by atoms with van der Waals surface area (Å²) in [6.45, 7) is 4.03. The lowest BCUT2D eigenvalue weighted by Gasteiger charge is -2.13. The number of carboxylic acids is 1. The molecule has 2 aromatic heterocycles.